The van der Waals surface area contributed by atoms with Crippen LogP contribution in [-0.2, 0) is 4.79 Å². The van der Waals surface area contributed by atoms with Crippen LogP contribution in [0.25, 0.3) is 0 Å². The second-order valence-corrected chi connectivity index (χ2v) is 6.53. The number of amides is 1. The zero-order chi connectivity index (χ0) is 12.0. The highest BCUT2D eigenvalue weighted by Crippen LogP contribution is 2.45. The van der Waals surface area contributed by atoms with Crippen LogP contribution in [0.5, 0.6) is 0 Å². The maximum atomic E-state index is 12.3. The van der Waals surface area contributed by atoms with E-state index in [4.69, 9.17) is 0 Å². The second kappa shape index (κ2) is 4.27. The van der Waals surface area contributed by atoms with Crippen LogP contribution < -0.4 is 5.32 Å². The first-order chi connectivity index (χ1) is 8.16. The molecule has 0 aromatic carbocycles. The number of carbonyl (C=O) groups is 1. The van der Waals surface area contributed by atoms with Crippen molar-refractivity contribution in [2.75, 3.05) is 19.6 Å². The van der Waals surface area contributed by atoms with Crippen LogP contribution in [0.4, 0.5) is 0 Å². The van der Waals surface area contributed by atoms with Crippen LogP contribution in [0.1, 0.15) is 33.1 Å². The summed E-state index contributed by atoms with van der Waals surface area (Å²) in [6, 6.07) is 0.547. The Labute approximate surface area is 104 Å². The van der Waals surface area contributed by atoms with Crippen LogP contribution in [0.3, 0.4) is 0 Å². The highest BCUT2D eigenvalue weighted by molar-refractivity contribution is 5.77. The van der Waals surface area contributed by atoms with Gasteiger partial charge in [-0.3, -0.25) is 4.79 Å². The largest absolute Gasteiger partial charge is 0.339 e. The summed E-state index contributed by atoms with van der Waals surface area (Å²) in [5.41, 5.74) is 0. The Morgan fingerprint density at radius 1 is 1.29 bits per heavy atom. The molecule has 3 saturated heterocycles. The number of piperidine rings is 2. The van der Waals surface area contributed by atoms with Crippen molar-refractivity contribution < 1.29 is 4.79 Å². The summed E-state index contributed by atoms with van der Waals surface area (Å²) in [6.45, 7) is 7.65. The predicted octanol–water partition coefficient (Wildman–Crippen LogP) is 1.49. The van der Waals surface area contributed by atoms with Crippen molar-refractivity contribution >= 4 is 5.91 Å². The summed E-state index contributed by atoms with van der Waals surface area (Å²) in [6.07, 6.45) is 3.32. The van der Waals surface area contributed by atoms with E-state index in [1.807, 2.05) is 0 Å². The molecule has 1 amide bonds. The molecule has 4 rings (SSSR count). The van der Waals surface area contributed by atoms with Crippen molar-refractivity contribution in [1.82, 2.24) is 10.2 Å². The normalized spacial score (nSPS) is 39.8. The fraction of sp³-hybridized carbons (Fsp3) is 0.929. The van der Waals surface area contributed by atoms with Gasteiger partial charge in [-0.15, -0.1) is 0 Å². The maximum absolute atomic E-state index is 12.3. The fourth-order valence-corrected chi connectivity index (χ4v) is 4.22. The Kier molecular flexibility index (Phi) is 2.89. The highest BCUT2D eigenvalue weighted by atomic mass is 16.2. The van der Waals surface area contributed by atoms with E-state index in [9.17, 15) is 4.79 Å². The quantitative estimate of drug-likeness (QED) is 0.788. The van der Waals surface area contributed by atoms with E-state index < -0.39 is 0 Å². The van der Waals surface area contributed by atoms with Crippen LogP contribution in [0, 0.1) is 23.7 Å². The Balaban J connectivity index is 1.74. The fourth-order valence-electron chi connectivity index (χ4n) is 4.22. The maximum Gasteiger partial charge on any atom is 0.223 e. The van der Waals surface area contributed by atoms with Gasteiger partial charge in [-0.1, -0.05) is 13.8 Å². The molecule has 4 fully saturated rings. The first-order valence-electron chi connectivity index (χ1n) is 7.17. The number of carbonyl (C=O) groups excluding carboxylic acids is 1. The van der Waals surface area contributed by atoms with Crippen LogP contribution >= 0.6 is 0 Å². The van der Waals surface area contributed by atoms with Crippen molar-refractivity contribution in [2.45, 2.75) is 39.2 Å². The van der Waals surface area contributed by atoms with Crippen molar-refractivity contribution in [3.8, 4) is 0 Å². The first-order valence-corrected chi connectivity index (χ1v) is 7.17. The van der Waals surface area contributed by atoms with E-state index in [1.54, 1.807) is 0 Å². The number of hydrogen-bond donors (Lipinski definition) is 1. The Morgan fingerprint density at radius 3 is 2.82 bits per heavy atom. The summed E-state index contributed by atoms with van der Waals surface area (Å²) in [5.74, 6) is 3.27. The van der Waals surface area contributed by atoms with Gasteiger partial charge >= 0.3 is 0 Å². The molecule has 0 aromatic heterocycles. The molecule has 1 N–H and O–H groups in total. The van der Waals surface area contributed by atoms with Gasteiger partial charge in [-0.2, -0.15) is 0 Å². The second-order valence-electron chi connectivity index (χ2n) is 6.53. The lowest BCUT2D eigenvalue weighted by Crippen LogP contribution is -2.59. The molecule has 17 heavy (non-hydrogen) atoms. The van der Waals surface area contributed by atoms with Crippen LogP contribution in [0.15, 0.2) is 0 Å². The Morgan fingerprint density at radius 2 is 2.06 bits per heavy atom. The standard InChI is InChI=1S/C14H24N2O/c1-9(2)5-14(17)16-8-10-3-4-13(16)12-7-15-6-11(10)12/h9-13,15H,3-8H2,1-2H3/t10-,11-,12-,13+/m1/s1. The number of nitrogens with zero attached hydrogens (tertiary/aromatic N) is 1. The summed E-state index contributed by atoms with van der Waals surface area (Å²) >= 11 is 0. The van der Waals surface area contributed by atoms with Gasteiger partial charge in [0.2, 0.25) is 5.91 Å². The van der Waals surface area contributed by atoms with Crippen LogP contribution in [-0.4, -0.2) is 36.5 Å². The van der Waals surface area contributed by atoms with E-state index in [0.29, 0.717) is 17.9 Å². The topological polar surface area (TPSA) is 32.3 Å². The molecule has 1 saturated carbocycles. The summed E-state index contributed by atoms with van der Waals surface area (Å²) < 4.78 is 0. The Bertz CT molecular complexity index is 315. The summed E-state index contributed by atoms with van der Waals surface area (Å²) in [5, 5.41) is 3.53. The molecule has 0 spiro atoms. The number of nitrogens with one attached hydrogen (secondary N) is 1. The third kappa shape index (κ3) is 1.88. The van der Waals surface area contributed by atoms with E-state index >= 15 is 0 Å². The zero-order valence-corrected chi connectivity index (χ0v) is 11.0. The van der Waals surface area contributed by atoms with Crippen molar-refractivity contribution in [1.29, 1.82) is 0 Å². The average Bonchev–Trinajstić information content (AvgIpc) is 2.79. The van der Waals surface area contributed by atoms with E-state index in [0.717, 1.165) is 37.3 Å². The molecule has 0 radical (unpaired) electrons. The summed E-state index contributed by atoms with van der Waals surface area (Å²) in [4.78, 5) is 14.5. The van der Waals surface area contributed by atoms with Crippen LogP contribution in [0.2, 0.25) is 0 Å². The zero-order valence-electron chi connectivity index (χ0n) is 11.0. The van der Waals surface area contributed by atoms with Crippen molar-refractivity contribution in [3.05, 3.63) is 0 Å². The minimum Gasteiger partial charge on any atom is -0.339 e. The predicted molar refractivity (Wildman–Crippen MR) is 67.5 cm³/mol. The molecular weight excluding hydrogens is 212 g/mol. The first kappa shape index (κ1) is 11.5. The highest BCUT2D eigenvalue weighted by Gasteiger charge is 2.50. The van der Waals surface area contributed by atoms with Crippen molar-refractivity contribution in [2.24, 2.45) is 23.7 Å². The van der Waals surface area contributed by atoms with E-state index in [-0.39, 0.29) is 0 Å². The Hall–Kier alpha value is -0.570. The molecule has 3 heteroatoms. The molecule has 4 aliphatic rings. The molecule has 0 aromatic rings. The third-order valence-corrected chi connectivity index (χ3v) is 4.98. The molecule has 96 valence electrons. The van der Waals surface area contributed by atoms with E-state index in [2.05, 4.69) is 24.1 Å². The third-order valence-electron chi connectivity index (χ3n) is 4.98. The van der Waals surface area contributed by atoms with Gasteiger partial charge in [-0.25, -0.2) is 0 Å². The molecule has 2 bridgehead atoms. The molecule has 1 aliphatic carbocycles. The monoisotopic (exact) mass is 236 g/mol. The summed E-state index contributed by atoms with van der Waals surface area (Å²) in [7, 11) is 0. The minimum atomic E-state index is 0.403. The molecule has 4 atom stereocenters. The van der Waals surface area contributed by atoms with Gasteiger partial charge in [0, 0.05) is 25.6 Å². The number of hydrogen-bond acceptors (Lipinski definition) is 2. The van der Waals surface area contributed by atoms with Gasteiger partial charge in [0.25, 0.3) is 0 Å². The lowest BCUT2D eigenvalue weighted by Gasteiger charge is -2.52. The average molecular weight is 236 g/mol. The lowest BCUT2D eigenvalue weighted by molar-refractivity contribution is -0.144. The SMILES string of the molecule is CC(C)CC(=O)N1C[C@H]2CC[C@H]1[C@@H]1CNC[C@H]21. The van der Waals surface area contributed by atoms with Gasteiger partial charge in [0.05, 0.1) is 0 Å². The van der Waals surface area contributed by atoms with Gasteiger partial charge in [0.1, 0.15) is 0 Å². The van der Waals surface area contributed by atoms with E-state index in [1.165, 1.54) is 19.4 Å². The van der Waals surface area contributed by atoms with Crippen molar-refractivity contribution in [3.63, 3.8) is 0 Å². The molecule has 3 nitrogen and oxygen atoms in total. The lowest BCUT2D eigenvalue weighted by atomic mass is 9.66. The molecule has 3 heterocycles. The van der Waals surface area contributed by atoms with Gasteiger partial charge < -0.3 is 10.2 Å². The number of rotatable bonds is 2. The molecule has 0 unspecified atom stereocenters. The van der Waals surface area contributed by atoms with Gasteiger partial charge in [-0.05, 0) is 43.1 Å². The molecular formula is C14H24N2O. The van der Waals surface area contributed by atoms with Gasteiger partial charge in [0.15, 0.2) is 0 Å². The number of fused-ring (bicyclic) bond motifs is 2. The minimum absolute atomic E-state index is 0.403. The molecule has 3 aliphatic heterocycles. The smallest absolute Gasteiger partial charge is 0.223 e.